The molecule has 63 heavy (non-hydrogen) atoms. The van der Waals surface area contributed by atoms with E-state index in [0.717, 1.165) is 34.0 Å². The van der Waals surface area contributed by atoms with Crippen LogP contribution in [0.1, 0.15) is 108 Å². The summed E-state index contributed by atoms with van der Waals surface area (Å²) in [4.78, 5) is 5.29. The summed E-state index contributed by atoms with van der Waals surface area (Å²) in [7, 11) is 0. The first-order valence-corrected chi connectivity index (χ1v) is 23.2. The summed E-state index contributed by atoms with van der Waals surface area (Å²) in [6, 6.07) is 48.7. The second kappa shape index (κ2) is 12.8. The van der Waals surface area contributed by atoms with Crippen molar-refractivity contribution < 1.29 is 4.42 Å². The van der Waals surface area contributed by atoms with E-state index in [-0.39, 0.29) is 28.4 Å². The van der Waals surface area contributed by atoms with Crippen molar-refractivity contribution in [1.82, 2.24) is 0 Å². The van der Waals surface area contributed by atoms with Gasteiger partial charge in [0.2, 0.25) is 0 Å². The maximum atomic E-state index is 6.63. The van der Waals surface area contributed by atoms with E-state index in [1.807, 2.05) is 0 Å². The molecule has 2 aliphatic heterocycles. The van der Waals surface area contributed by atoms with Crippen LogP contribution < -0.4 is 26.2 Å². The monoisotopic (exact) mass is 820 g/mol. The summed E-state index contributed by atoms with van der Waals surface area (Å²) in [5.41, 5.74) is 24.6. The topological polar surface area (TPSA) is 19.6 Å². The molecule has 0 unspecified atom stereocenters. The molecule has 0 atom stereocenters. The Kier molecular flexibility index (Phi) is 7.86. The van der Waals surface area contributed by atoms with Crippen molar-refractivity contribution >= 4 is 79.2 Å². The minimum atomic E-state index is 0.0296. The molecule has 0 N–H and O–H groups in total. The number of benzene rings is 7. The molecule has 4 aliphatic rings. The second-order valence-electron chi connectivity index (χ2n) is 22.1. The fourth-order valence-corrected chi connectivity index (χ4v) is 12.8. The first-order chi connectivity index (χ1) is 30.0. The normalized spacial score (nSPS) is 18.2. The second-order valence-corrected chi connectivity index (χ2v) is 22.1. The number of nitrogens with zero attached hydrogens (tertiary/aromatic N) is 2. The van der Waals surface area contributed by atoms with Gasteiger partial charge in [-0.2, -0.15) is 0 Å². The Balaban J connectivity index is 1.24. The third-order valence-electron chi connectivity index (χ3n) is 15.8. The average Bonchev–Trinajstić information content (AvgIpc) is 3.72. The molecule has 3 heterocycles. The quantitative estimate of drug-likeness (QED) is 0.166. The largest absolute Gasteiger partial charge is 0.456 e. The Bertz CT molecular complexity index is 3260. The fourth-order valence-electron chi connectivity index (χ4n) is 12.8. The predicted octanol–water partition coefficient (Wildman–Crippen LogP) is 14.3. The lowest BCUT2D eigenvalue weighted by atomic mass is 9.32. The molecule has 0 spiro atoms. The van der Waals surface area contributed by atoms with E-state index in [1.165, 1.54) is 102 Å². The number of hydrogen-bond donors (Lipinski definition) is 0. The predicted molar refractivity (Wildman–Crippen MR) is 269 cm³/mol. The molecule has 312 valence electrons. The van der Waals surface area contributed by atoms with E-state index in [1.54, 1.807) is 0 Å². The van der Waals surface area contributed by atoms with Crippen molar-refractivity contribution in [2.45, 2.75) is 110 Å². The highest BCUT2D eigenvalue weighted by Crippen LogP contribution is 2.55. The third kappa shape index (κ3) is 5.46. The van der Waals surface area contributed by atoms with Crippen molar-refractivity contribution in [2.24, 2.45) is 0 Å². The summed E-state index contributed by atoms with van der Waals surface area (Å²) in [5.74, 6) is 0. The van der Waals surface area contributed by atoms with Gasteiger partial charge < -0.3 is 14.2 Å². The van der Waals surface area contributed by atoms with Crippen molar-refractivity contribution in [1.29, 1.82) is 0 Å². The van der Waals surface area contributed by atoms with Crippen LogP contribution in [0.15, 0.2) is 132 Å². The van der Waals surface area contributed by atoms with Gasteiger partial charge in [0.1, 0.15) is 11.2 Å². The van der Waals surface area contributed by atoms with Gasteiger partial charge in [0.05, 0.1) is 11.1 Å². The highest BCUT2D eigenvalue weighted by Gasteiger charge is 2.50. The van der Waals surface area contributed by atoms with E-state index in [0.29, 0.717) is 0 Å². The highest BCUT2D eigenvalue weighted by molar-refractivity contribution is 7.00. The maximum Gasteiger partial charge on any atom is 0.252 e. The molecular weight excluding hydrogens is 763 g/mol. The van der Waals surface area contributed by atoms with Gasteiger partial charge in [0.15, 0.2) is 0 Å². The molecule has 0 radical (unpaired) electrons. The lowest BCUT2D eigenvalue weighted by Crippen LogP contribution is -2.62. The van der Waals surface area contributed by atoms with E-state index in [4.69, 9.17) is 4.42 Å². The van der Waals surface area contributed by atoms with Gasteiger partial charge >= 0.3 is 0 Å². The molecule has 4 heteroatoms. The molecule has 3 nitrogen and oxygen atoms in total. The molecule has 0 bridgehead atoms. The van der Waals surface area contributed by atoms with Crippen LogP contribution in [0.3, 0.4) is 0 Å². The molecule has 0 amide bonds. The number of anilines is 6. The van der Waals surface area contributed by atoms with Crippen molar-refractivity contribution in [3.05, 3.63) is 161 Å². The van der Waals surface area contributed by atoms with Gasteiger partial charge in [-0.1, -0.05) is 134 Å². The third-order valence-corrected chi connectivity index (χ3v) is 15.8. The number of hydrogen-bond acceptors (Lipinski definition) is 3. The molecule has 1 aromatic heterocycles. The van der Waals surface area contributed by atoms with Crippen LogP contribution in [-0.4, -0.2) is 6.71 Å². The number of rotatable bonds is 3. The van der Waals surface area contributed by atoms with E-state index in [2.05, 4.69) is 206 Å². The molecule has 12 rings (SSSR count). The highest BCUT2D eigenvalue weighted by atomic mass is 16.3. The van der Waals surface area contributed by atoms with Crippen LogP contribution in [0.25, 0.3) is 33.1 Å². The SMILES string of the molecule is Cc1cc2c3c(c1)N(c1cccc4oc5ccccc5c14)c1cc4c(cc1B3c1cc3c(cc1N2c1cc(-c2ccccc2)ccc1C)C(C)(C)CCC3(C)C)C(C)(C)CC4(C)C. The van der Waals surface area contributed by atoms with Gasteiger partial charge in [-0.05, 0) is 164 Å². The first-order valence-electron chi connectivity index (χ1n) is 23.2. The van der Waals surface area contributed by atoms with Crippen molar-refractivity contribution in [2.75, 3.05) is 9.80 Å². The zero-order valence-electron chi connectivity index (χ0n) is 38.6. The first kappa shape index (κ1) is 38.7. The van der Waals surface area contributed by atoms with Crippen LogP contribution in [0.5, 0.6) is 0 Å². The van der Waals surface area contributed by atoms with Gasteiger partial charge in [0, 0.05) is 33.8 Å². The van der Waals surface area contributed by atoms with E-state index in [9.17, 15) is 0 Å². The smallest absolute Gasteiger partial charge is 0.252 e. The van der Waals surface area contributed by atoms with Crippen molar-refractivity contribution in [3.63, 3.8) is 0 Å². The Morgan fingerprint density at radius 2 is 1.02 bits per heavy atom. The fraction of sp³-hybridized carbons (Fsp3) is 0.288. The summed E-state index contributed by atoms with van der Waals surface area (Å²) in [5, 5.41) is 2.30. The number of aryl methyl sites for hydroxylation is 2. The van der Waals surface area contributed by atoms with Crippen LogP contribution in [-0.2, 0) is 21.7 Å². The Morgan fingerprint density at radius 3 is 1.68 bits per heavy atom. The van der Waals surface area contributed by atoms with Crippen LogP contribution in [0, 0.1) is 13.8 Å². The minimum absolute atomic E-state index is 0.0296. The molecule has 2 aliphatic carbocycles. The lowest BCUT2D eigenvalue weighted by Gasteiger charge is -2.48. The Hall–Kier alpha value is -6.00. The van der Waals surface area contributed by atoms with Crippen LogP contribution >= 0.6 is 0 Å². The zero-order valence-corrected chi connectivity index (χ0v) is 38.6. The van der Waals surface area contributed by atoms with Gasteiger partial charge in [0.25, 0.3) is 6.71 Å². The molecule has 0 fully saturated rings. The van der Waals surface area contributed by atoms with Gasteiger partial charge in [-0.25, -0.2) is 0 Å². The molecule has 7 aromatic carbocycles. The molecule has 8 aromatic rings. The standard InChI is InChI=1S/C59H57BN2O/c1-35-27-50-55-51(28-35)62(47-29-38(24-23-36(47)2)37-17-12-11-13-18-37)49-32-42-40(56(3,4)25-26-57(42,5)6)30-44(49)60(55)45-31-41-43(59(9,10)34-58(41,7)8)33-48(45)61(50)46-20-16-22-53-54(46)39-19-14-15-21-52(39)63-53/h11-24,27-33H,25-26,34H2,1-10H3. The maximum absolute atomic E-state index is 6.63. The Labute approximate surface area is 373 Å². The minimum Gasteiger partial charge on any atom is -0.456 e. The van der Waals surface area contributed by atoms with E-state index < -0.39 is 0 Å². The summed E-state index contributed by atoms with van der Waals surface area (Å²) in [6.45, 7) is 24.4. The Morgan fingerprint density at radius 1 is 0.460 bits per heavy atom. The average molecular weight is 821 g/mol. The summed E-state index contributed by atoms with van der Waals surface area (Å²) in [6.07, 6.45) is 3.45. The zero-order chi connectivity index (χ0) is 43.5. The number of furan rings is 1. The summed E-state index contributed by atoms with van der Waals surface area (Å²) >= 11 is 0. The van der Waals surface area contributed by atoms with Gasteiger partial charge in [-0.3, -0.25) is 0 Å². The van der Waals surface area contributed by atoms with Crippen molar-refractivity contribution in [3.8, 4) is 11.1 Å². The lowest BCUT2D eigenvalue weighted by molar-refractivity contribution is 0.332. The number of fused-ring (bicyclic) bond motifs is 9. The van der Waals surface area contributed by atoms with Crippen LogP contribution in [0.4, 0.5) is 34.1 Å². The van der Waals surface area contributed by atoms with E-state index >= 15 is 0 Å². The number of para-hydroxylation sites is 1. The molecule has 0 saturated carbocycles. The van der Waals surface area contributed by atoms with Crippen LogP contribution in [0.2, 0.25) is 0 Å². The van der Waals surface area contributed by atoms with Gasteiger partial charge in [-0.15, -0.1) is 0 Å². The summed E-state index contributed by atoms with van der Waals surface area (Å²) < 4.78 is 6.63. The molecular formula is C59H57BN2O. The molecule has 0 saturated heterocycles.